The maximum atomic E-state index is 6.40. The van der Waals surface area contributed by atoms with Crippen LogP contribution < -0.4 is 4.90 Å². The van der Waals surface area contributed by atoms with Crippen molar-refractivity contribution in [1.82, 2.24) is 0 Å². The number of benzene rings is 2. The molecule has 0 fully saturated rings. The molecule has 0 amide bonds. The maximum absolute atomic E-state index is 6.40. The smallest absolute Gasteiger partial charge is 0.0756 e. The average Bonchev–Trinajstić information content (AvgIpc) is 2.67. The minimum absolute atomic E-state index is 0. The summed E-state index contributed by atoms with van der Waals surface area (Å²) < 4.78 is 5.35. The molecule has 2 aromatic rings. The Morgan fingerprint density at radius 3 is 2.62 bits per heavy atom. The number of aliphatic imine (C=N–C) groups is 1. The summed E-state index contributed by atoms with van der Waals surface area (Å²) in [5.41, 5.74) is 3.86. The predicted molar refractivity (Wildman–Crippen MR) is 105 cm³/mol. The molecule has 0 radical (unpaired) electrons. The lowest BCUT2D eigenvalue weighted by Crippen LogP contribution is -2.37. The van der Waals surface area contributed by atoms with Crippen molar-refractivity contribution >= 4 is 47.0 Å². The van der Waals surface area contributed by atoms with E-state index in [4.69, 9.17) is 32.9 Å². The fourth-order valence-corrected chi connectivity index (χ4v) is 3.24. The molecule has 0 spiro atoms. The van der Waals surface area contributed by atoms with E-state index in [1.165, 1.54) is 0 Å². The van der Waals surface area contributed by atoms with E-state index in [9.17, 15) is 0 Å². The van der Waals surface area contributed by atoms with Gasteiger partial charge in [0, 0.05) is 41.0 Å². The van der Waals surface area contributed by atoms with Gasteiger partial charge in [0.1, 0.15) is 0 Å². The number of fused-ring (bicyclic) bond motifs is 1. The zero-order chi connectivity index (χ0) is 16.4. The highest BCUT2D eigenvalue weighted by Crippen LogP contribution is 2.32. The Labute approximate surface area is 158 Å². The van der Waals surface area contributed by atoms with E-state index in [-0.39, 0.29) is 18.4 Å². The molecule has 1 heterocycles. The number of methoxy groups -OCH3 is 1. The van der Waals surface area contributed by atoms with Gasteiger partial charge < -0.3 is 9.64 Å². The molecule has 1 atom stereocenters. The summed E-state index contributed by atoms with van der Waals surface area (Å²) >= 11 is 12.6. The van der Waals surface area contributed by atoms with Crippen molar-refractivity contribution in [2.24, 2.45) is 4.99 Å². The summed E-state index contributed by atoms with van der Waals surface area (Å²) in [7, 11) is 3.77. The topological polar surface area (TPSA) is 24.8 Å². The van der Waals surface area contributed by atoms with Crippen LogP contribution in [0.25, 0.3) is 0 Å². The van der Waals surface area contributed by atoms with E-state index in [1.54, 1.807) is 7.11 Å². The lowest BCUT2D eigenvalue weighted by Gasteiger charge is -2.28. The second-order valence-corrected chi connectivity index (χ2v) is 6.39. The summed E-state index contributed by atoms with van der Waals surface area (Å²) in [4.78, 5) is 7.04. The van der Waals surface area contributed by atoms with Crippen LogP contribution in [0.5, 0.6) is 0 Å². The van der Waals surface area contributed by atoms with E-state index in [0.717, 1.165) is 22.5 Å². The number of likely N-dealkylation sites (N-methyl/N-ethyl adjacent to an activating group) is 1. The number of nitrogens with zero attached hydrogens (tertiary/aromatic N) is 2. The van der Waals surface area contributed by atoms with E-state index in [0.29, 0.717) is 23.2 Å². The number of hydrogen-bond donors (Lipinski definition) is 0. The number of halogens is 3. The first-order valence-electron chi connectivity index (χ1n) is 7.43. The van der Waals surface area contributed by atoms with Crippen LogP contribution in [0.15, 0.2) is 47.5 Å². The van der Waals surface area contributed by atoms with Gasteiger partial charge in [-0.15, -0.1) is 12.4 Å². The molecule has 1 aliphatic heterocycles. The summed E-state index contributed by atoms with van der Waals surface area (Å²) in [6.07, 6.45) is 0. The number of benzodiazepines with no additional fused rings is 1. The molecule has 0 bridgehead atoms. The molecule has 0 aromatic heterocycles. The van der Waals surface area contributed by atoms with Gasteiger partial charge >= 0.3 is 0 Å². The van der Waals surface area contributed by atoms with Gasteiger partial charge in [0.05, 0.1) is 24.9 Å². The van der Waals surface area contributed by atoms with Crippen LogP contribution in [0, 0.1) is 0 Å². The third-order valence-corrected chi connectivity index (χ3v) is 4.65. The number of rotatable bonds is 3. The van der Waals surface area contributed by atoms with Crippen LogP contribution in [0.4, 0.5) is 5.69 Å². The first-order valence-corrected chi connectivity index (χ1v) is 8.18. The van der Waals surface area contributed by atoms with E-state index >= 15 is 0 Å². The molecule has 6 heteroatoms. The zero-order valence-corrected chi connectivity index (χ0v) is 15.8. The van der Waals surface area contributed by atoms with Crippen LogP contribution >= 0.6 is 35.6 Å². The van der Waals surface area contributed by atoms with Crippen molar-refractivity contribution in [2.75, 3.05) is 32.2 Å². The van der Waals surface area contributed by atoms with Gasteiger partial charge in [-0.2, -0.15) is 0 Å². The molecule has 0 N–H and O–H groups in total. The quantitative estimate of drug-likeness (QED) is 0.764. The van der Waals surface area contributed by atoms with Gasteiger partial charge in [0.25, 0.3) is 0 Å². The molecule has 2 aromatic carbocycles. The standard InChI is InChI=1S/C18H18Cl2N2O.ClH/c1-22-13(11-23-2)10-21-18(14-5-3-4-6-16(14)20)15-9-12(19)7-8-17(15)22;/h3-9,13H,10-11H2,1-2H3;1H. The minimum Gasteiger partial charge on any atom is -0.382 e. The van der Waals surface area contributed by atoms with Gasteiger partial charge in [0.15, 0.2) is 0 Å². The molecule has 3 rings (SSSR count). The number of anilines is 1. The van der Waals surface area contributed by atoms with Crippen molar-refractivity contribution in [3.63, 3.8) is 0 Å². The highest BCUT2D eigenvalue weighted by molar-refractivity contribution is 6.36. The molecule has 0 saturated carbocycles. The summed E-state index contributed by atoms with van der Waals surface area (Å²) in [5.74, 6) is 0. The molecular weight excluding hydrogens is 367 g/mol. The summed E-state index contributed by atoms with van der Waals surface area (Å²) in [6, 6.07) is 13.8. The molecule has 1 aliphatic rings. The Balaban J connectivity index is 0.00000208. The lowest BCUT2D eigenvalue weighted by atomic mass is 10.00. The lowest BCUT2D eigenvalue weighted by molar-refractivity contribution is 0.180. The van der Waals surface area contributed by atoms with Crippen LogP contribution in [-0.4, -0.2) is 39.1 Å². The Kier molecular flexibility index (Phi) is 6.53. The third kappa shape index (κ3) is 3.70. The second-order valence-electron chi connectivity index (χ2n) is 5.55. The first kappa shape index (κ1) is 19.1. The Morgan fingerprint density at radius 1 is 1.17 bits per heavy atom. The molecule has 0 aliphatic carbocycles. The SMILES string of the molecule is COCC1CN=C(c2ccccc2Cl)c2cc(Cl)ccc2N1C.Cl. The maximum Gasteiger partial charge on any atom is 0.0756 e. The van der Waals surface area contributed by atoms with Crippen molar-refractivity contribution in [1.29, 1.82) is 0 Å². The van der Waals surface area contributed by atoms with Gasteiger partial charge in [0.2, 0.25) is 0 Å². The zero-order valence-electron chi connectivity index (χ0n) is 13.5. The van der Waals surface area contributed by atoms with Crippen molar-refractivity contribution in [2.45, 2.75) is 6.04 Å². The minimum atomic E-state index is 0. The Morgan fingerprint density at radius 2 is 1.92 bits per heavy atom. The Bertz CT molecular complexity index is 749. The molecule has 24 heavy (non-hydrogen) atoms. The van der Waals surface area contributed by atoms with Gasteiger partial charge in [-0.05, 0) is 24.3 Å². The highest BCUT2D eigenvalue weighted by atomic mass is 35.5. The van der Waals surface area contributed by atoms with Crippen LogP contribution in [0.1, 0.15) is 11.1 Å². The predicted octanol–water partition coefficient (Wildman–Crippen LogP) is 4.72. The molecule has 3 nitrogen and oxygen atoms in total. The Hall–Kier alpha value is -1.26. The highest BCUT2D eigenvalue weighted by Gasteiger charge is 2.25. The van der Waals surface area contributed by atoms with Crippen LogP contribution in [0.2, 0.25) is 10.0 Å². The fraction of sp³-hybridized carbons (Fsp3) is 0.278. The van der Waals surface area contributed by atoms with E-state index < -0.39 is 0 Å². The van der Waals surface area contributed by atoms with Gasteiger partial charge in [-0.1, -0.05) is 41.4 Å². The fourth-order valence-electron chi connectivity index (χ4n) is 2.85. The summed E-state index contributed by atoms with van der Waals surface area (Å²) in [6.45, 7) is 1.25. The van der Waals surface area contributed by atoms with Crippen molar-refractivity contribution in [3.05, 3.63) is 63.6 Å². The second kappa shape index (κ2) is 8.21. The van der Waals surface area contributed by atoms with E-state index in [2.05, 4.69) is 11.9 Å². The molecule has 0 saturated heterocycles. The van der Waals surface area contributed by atoms with Gasteiger partial charge in [-0.3, -0.25) is 4.99 Å². The summed E-state index contributed by atoms with van der Waals surface area (Å²) in [5, 5.41) is 1.37. The molecular formula is C18H19Cl3N2O. The monoisotopic (exact) mass is 384 g/mol. The number of ether oxygens (including phenoxy) is 1. The average molecular weight is 386 g/mol. The molecule has 128 valence electrons. The van der Waals surface area contributed by atoms with Crippen LogP contribution in [-0.2, 0) is 4.74 Å². The van der Waals surface area contributed by atoms with Crippen molar-refractivity contribution < 1.29 is 4.74 Å². The normalized spacial score (nSPS) is 16.8. The van der Waals surface area contributed by atoms with Gasteiger partial charge in [-0.25, -0.2) is 0 Å². The third-order valence-electron chi connectivity index (χ3n) is 4.09. The number of hydrogen-bond acceptors (Lipinski definition) is 3. The largest absolute Gasteiger partial charge is 0.382 e. The van der Waals surface area contributed by atoms with Crippen molar-refractivity contribution in [3.8, 4) is 0 Å². The van der Waals surface area contributed by atoms with Crippen LogP contribution in [0.3, 0.4) is 0 Å². The van der Waals surface area contributed by atoms with E-state index in [1.807, 2.05) is 42.5 Å². The first-order chi connectivity index (χ1) is 11.1. The molecule has 1 unspecified atom stereocenters.